The van der Waals surface area contributed by atoms with Gasteiger partial charge in [-0.1, -0.05) is 24.3 Å². The molecule has 0 saturated carbocycles. The molecule has 2 heterocycles. The Morgan fingerprint density at radius 2 is 1.23 bits per heavy atom. The number of benzene rings is 2. The lowest BCUT2D eigenvalue weighted by Gasteiger charge is -1.99. The zero-order valence-electron chi connectivity index (χ0n) is 14.3. The van der Waals surface area contributed by atoms with Crippen LogP contribution in [0.3, 0.4) is 0 Å². The number of hydrogen-bond donors (Lipinski definition) is 0. The van der Waals surface area contributed by atoms with E-state index in [-0.39, 0.29) is 34.0 Å². The first kappa shape index (κ1) is 20.3. The van der Waals surface area contributed by atoms with Gasteiger partial charge < -0.3 is 34.0 Å². The van der Waals surface area contributed by atoms with E-state index in [1.807, 2.05) is 0 Å². The number of aryl methyl sites for hydroxylation is 1. The molecule has 0 aliphatic carbocycles. The quantitative estimate of drug-likeness (QED) is 0.308. The molecule has 0 atom stereocenters. The molecular weight excluding hydrogens is 452 g/mol. The van der Waals surface area contributed by atoms with Gasteiger partial charge in [-0.2, -0.15) is 9.13 Å². The Morgan fingerprint density at radius 1 is 0.654 bits per heavy atom. The maximum absolute atomic E-state index is 2.31. The van der Waals surface area contributed by atoms with Gasteiger partial charge in [-0.05, 0) is 30.3 Å². The molecule has 132 valence electrons. The van der Waals surface area contributed by atoms with E-state index in [0.29, 0.717) is 0 Å². The van der Waals surface area contributed by atoms with Gasteiger partial charge in [0.25, 0.3) is 0 Å². The first-order valence-corrected chi connectivity index (χ1v) is 8.35. The summed E-state index contributed by atoms with van der Waals surface area (Å²) in [6.07, 6.45) is 9.65. The van der Waals surface area contributed by atoms with Crippen molar-refractivity contribution >= 4 is 28.0 Å². The number of rotatable bonds is 4. The maximum atomic E-state index is 2.31. The lowest BCUT2D eigenvalue weighted by atomic mass is 10.2. The normalized spacial score (nSPS) is 10.6. The van der Waals surface area contributed by atoms with Crippen molar-refractivity contribution in [2.45, 2.75) is 13.0 Å². The van der Waals surface area contributed by atoms with Crippen LogP contribution in [0.25, 0.3) is 28.0 Å². The minimum atomic E-state index is 0. The summed E-state index contributed by atoms with van der Waals surface area (Å²) >= 11 is 0. The number of aromatic nitrogens is 2. The topological polar surface area (TPSA) is 7.76 Å². The van der Waals surface area contributed by atoms with Crippen LogP contribution >= 0.6 is 0 Å². The van der Waals surface area contributed by atoms with Crippen molar-refractivity contribution in [1.29, 1.82) is 0 Å². The summed E-state index contributed by atoms with van der Waals surface area (Å²) in [5, 5.41) is 2.54. The van der Waals surface area contributed by atoms with Gasteiger partial charge in [-0.3, -0.25) is 0 Å². The molecule has 0 saturated heterocycles. The van der Waals surface area contributed by atoms with E-state index in [4.69, 9.17) is 0 Å². The van der Waals surface area contributed by atoms with Crippen molar-refractivity contribution in [3.8, 4) is 0 Å². The van der Waals surface area contributed by atoms with E-state index >= 15 is 0 Å². The second-order valence-corrected chi connectivity index (χ2v) is 5.91. The fourth-order valence-corrected chi connectivity index (χ4v) is 3.13. The molecule has 4 aromatic rings. The minimum Gasteiger partial charge on any atom is -1.00 e. The Labute approximate surface area is 175 Å². The molecule has 0 amide bonds. The van der Waals surface area contributed by atoms with E-state index in [0.717, 1.165) is 13.0 Å². The SMILES string of the molecule is C(=C[n+]1cccc2ccccc21)CC[n+]1cccc2ccccc21.[Br-].[Br-]. The molecule has 0 spiro atoms. The van der Waals surface area contributed by atoms with Crippen molar-refractivity contribution in [3.63, 3.8) is 0 Å². The fraction of sp³-hybridized carbons (Fsp3) is 0.0909. The molecule has 0 bridgehead atoms. The lowest BCUT2D eigenvalue weighted by molar-refractivity contribution is -0.670. The van der Waals surface area contributed by atoms with Crippen LogP contribution in [-0.2, 0) is 6.54 Å². The van der Waals surface area contributed by atoms with Crippen LogP contribution in [0.4, 0.5) is 0 Å². The zero-order valence-corrected chi connectivity index (χ0v) is 17.5. The summed E-state index contributed by atoms with van der Waals surface area (Å²) in [6.45, 7) is 0.975. The first-order chi connectivity index (χ1) is 11.9. The number of halogens is 2. The van der Waals surface area contributed by atoms with Crippen LogP contribution in [0.5, 0.6) is 0 Å². The van der Waals surface area contributed by atoms with Gasteiger partial charge in [0.2, 0.25) is 11.0 Å². The van der Waals surface area contributed by atoms with Crippen molar-refractivity contribution in [3.05, 3.63) is 91.3 Å². The Balaban J connectivity index is 0.00000121. The molecule has 4 heteroatoms. The zero-order chi connectivity index (χ0) is 16.2. The van der Waals surface area contributed by atoms with E-state index in [9.17, 15) is 0 Å². The Bertz CT molecular complexity index is 1020. The summed E-state index contributed by atoms with van der Waals surface area (Å²) < 4.78 is 4.50. The third kappa shape index (κ3) is 4.37. The highest BCUT2D eigenvalue weighted by atomic mass is 79.9. The molecule has 2 aromatic heterocycles. The maximum Gasteiger partial charge on any atom is 0.217 e. The molecule has 0 aliphatic rings. The van der Waals surface area contributed by atoms with Gasteiger partial charge in [-0.15, -0.1) is 0 Å². The smallest absolute Gasteiger partial charge is 0.217 e. The van der Waals surface area contributed by atoms with Gasteiger partial charge in [-0.25, -0.2) is 0 Å². The van der Waals surface area contributed by atoms with Crippen molar-refractivity contribution in [2.24, 2.45) is 0 Å². The third-order valence-electron chi connectivity index (χ3n) is 4.33. The Kier molecular flexibility index (Phi) is 7.49. The number of allylic oxidation sites excluding steroid dienone is 1. The van der Waals surface area contributed by atoms with Gasteiger partial charge in [0.05, 0.1) is 0 Å². The minimum absolute atomic E-state index is 0. The molecule has 4 rings (SSSR count). The van der Waals surface area contributed by atoms with E-state index in [1.165, 1.54) is 21.8 Å². The molecule has 2 aromatic carbocycles. The molecule has 0 unspecified atom stereocenters. The van der Waals surface area contributed by atoms with Gasteiger partial charge in [0, 0.05) is 41.5 Å². The van der Waals surface area contributed by atoms with Crippen LogP contribution in [0, 0.1) is 0 Å². The van der Waals surface area contributed by atoms with Crippen LogP contribution < -0.4 is 43.1 Å². The number of para-hydroxylation sites is 2. The number of pyridine rings is 2. The molecule has 0 radical (unpaired) electrons. The van der Waals surface area contributed by atoms with Crippen molar-refractivity contribution in [2.75, 3.05) is 0 Å². The average Bonchev–Trinajstić information content (AvgIpc) is 2.65. The standard InChI is InChI=1S/C22H20N2.2BrH/c1-3-13-21-19(9-1)11-7-17-23(21)15-5-6-16-24-18-8-12-20-10-2-4-14-22(20)24;;/h1-5,7-15,17-18H,6,16H2;2*1H/q+2;;/p-2. The fourth-order valence-electron chi connectivity index (χ4n) is 3.13. The van der Waals surface area contributed by atoms with Crippen LogP contribution in [0.2, 0.25) is 0 Å². The second-order valence-electron chi connectivity index (χ2n) is 5.91. The second kappa shape index (κ2) is 9.60. The van der Waals surface area contributed by atoms with Gasteiger partial charge in [0.1, 0.15) is 0 Å². The predicted octanol–water partition coefficient (Wildman–Crippen LogP) is -1.86. The number of nitrogens with zero attached hydrogens (tertiary/aromatic N) is 2. The van der Waals surface area contributed by atoms with Crippen molar-refractivity contribution in [1.82, 2.24) is 0 Å². The third-order valence-corrected chi connectivity index (χ3v) is 4.33. The summed E-state index contributed by atoms with van der Waals surface area (Å²) in [6, 6.07) is 25.5. The first-order valence-electron chi connectivity index (χ1n) is 8.35. The molecule has 0 aliphatic heterocycles. The monoisotopic (exact) mass is 470 g/mol. The molecule has 0 N–H and O–H groups in total. The average molecular weight is 472 g/mol. The van der Waals surface area contributed by atoms with Gasteiger partial charge >= 0.3 is 0 Å². The van der Waals surface area contributed by atoms with E-state index in [2.05, 4.69) is 107 Å². The van der Waals surface area contributed by atoms with Crippen molar-refractivity contribution < 1.29 is 43.1 Å². The molecule has 26 heavy (non-hydrogen) atoms. The molecular formula is C22H20Br2N2. The summed E-state index contributed by atoms with van der Waals surface area (Å²) in [4.78, 5) is 0. The molecule has 2 nitrogen and oxygen atoms in total. The van der Waals surface area contributed by atoms with E-state index < -0.39 is 0 Å². The van der Waals surface area contributed by atoms with E-state index in [1.54, 1.807) is 0 Å². The number of fused-ring (bicyclic) bond motifs is 2. The lowest BCUT2D eigenvalue weighted by Crippen LogP contribution is -3.00. The summed E-state index contributed by atoms with van der Waals surface area (Å²) in [5.41, 5.74) is 2.51. The highest BCUT2D eigenvalue weighted by Crippen LogP contribution is 2.09. The van der Waals surface area contributed by atoms with Crippen LogP contribution in [0.1, 0.15) is 6.42 Å². The molecule has 0 fully saturated rings. The summed E-state index contributed by atoms with van der Waals surface area (Å²) in [7, 11) is 0. The Morgan fingerprint density at radius 3 is 2.00 bits per heavy atom. The highest BCUT2D eigenvalue weighted by Gasteiger charge is 2.07. The van der Waals surface area contributed by atoms with Crippen LogP contribution in [-0.4, -0.2) is 0 Å². The summed E-state index contributed by atoms with van der Waals surface area (Å²) in [5.74, 6) is 0. The highest BCUT2D eigenvalue weighted by molar-refractivity contribution is 5.75. The van der Waals surface area contributed by atoms with Crippen LogP contribution in [0.15, 0.2) is 91.3 Å². The Hall–Kier alpha value is -2.04. The van der Waals surface area contributed by atoms with Gasteiger partial charge in [0.15, 0.2) is 25.1 Å². The predicted molar refractivity (Wildman–Crippen MR) is 98.2 cm³/mol. The largest absolute Gasteiger partial charge is 1.00 e. The number of hydrogen-bond acceptors (Lipinski definition) is 0.